The van der Waals surface area contributed by atoms with Gasteiger partial charge in [-0.2, -0.15) is 0 Å². The lowest BCUT2D eigenvalue weighted by molar-refractivity contribution is 0.449. The molecule has 0 aliphatic carbocycles. The molecule has 2 aromatic rings. The van der Waals surface area contributed by atoms with E-state index in [1.165, 1.54) is 12.4 Å². The second-order valence-corrected chi connectivity index (χ2v) is 5.09. The van der Waals surface area contributed by atoms with Gasteiger partial charge in [0.1, 0.15) is 23.0 Å². The molecule has 0 spiro atoms. The summed E-state index contributed by atoms with van der Waals surface area (Å²) >= 11 is 9.11. The highest BCUT2D eigenvalue weighted by Crippen LogP contribution is 2.29. The van der Waals surface area contributed by atoms with Crippen molar-refractivity contribution in [2.24, 2.45) is 0 Å². The summed E-state index contributed by atoms with van der Waals surface area (Å²) in [5, 5.41) is 0.365. The van der Waals surface area contributed by atoms with E-state index in [9.17, 15) is 4.39 Å². The summed E-state index contributed by atoms with van der Waals surface area (Å²) < 4.78 is 19.4. The maximum absolute atomic E-state index is 13.4. The minimum absolute atomic E-state index is 0.364. The van der Waals surface area contributed by atoms with E-state index in [0.29, 0.717) is 27.7 Å². The lowest BCUT2D eigenvalue weighted by atomic mass is 10.2. The molecule has 1 heterocycles. The molecule has 2 rings (SSSR count). The fourth-order valence-electron chi connectivity index (χ4n) is 1.58. The number of nitrogens with zero attached hydrogens (tertiary/aromatic N) is 2. The number of rotatable bonds is 4. The van der Waals surface area contributed by atoms with Crippen LogP contribution in [-0.2, 0) is 6.42 Å². The van der Waals surface area contributed by atoms with Crippen molar-refractivity contribution < 1.29 is 9.13 Å². The summed E-state index contributed by atoms with van der Waals surface area (Å²) in [5.74, 6) is 0.339. The third-order valence-electron chi connectivity index (χ3n) is 2.46. The Morgan fingerprint density at radius 1 is 1.37 bits per heavy atom. The molecule has 0 N–H and O–H groups in total. The summed E-state index contributed by atoms with van der Waals surface area (Å²) in [4.78, 5) is 7.98. The van der Waals surface area contributed by atoms with Gasteiger partial charge in [-0.15, -0.1) is 0 Å². The van der Waals surface area contributed by atoms with Gasteiger partial charge in [0.2, 0.25) is 5.88 Å². The fraction of sp³-hybridized carbons (Fsp3) is 0.231. The smallest absolute Gasteiger partial charge is 0.227 e. The predicted molar refractivity (Wildman–Crippen MR) is 75.2 cm³/mol. The Morgan fingerprint density at radius 2 is 2.16 bits per heavy atom. The first-order chi connectivity index (χ1) is 9.11. The molecule has 0 atom stereocenters. The molecule has 0 amide bonds. The van der Waals surface area contributed by atoms with Gasteiger partial charge in [0, 0.05) is 6.07 Å². The first-order valence-corrected chi connectivity index (χ1v) is 6.91. The van der Waals surface area contributed by atoms with Crippen LogP contribution in [0.4, 0.5) is 4.39 Å². The molecule has 3 nitrogen and oxygen atoms in total. The molecule has 0 radical (unpaired) electrons. The first kappa shape index (κ1) is 14.2. The van der Waals surface area contributed by atoms with Crippen LogP contribution < -0.4 is 4.74 Å². The zero-order valence-electron chi connectivity index (χ0n) is 10.2. The van der Waals surface area contributed by atoms with Gasteiger partial charge in [-0.05, 0) is 34.5 Å². The van der Waals surface area contributed by atoms with E-state index in [2.05, 4.69) is 25.9 Å². The van der Waals surface area contributed by atoms with Crippen molar-refractivity contribution in [1.29, 1.82) is 0 Å². The van der Waals surface area contributed by atoms with Crippen LogP contribution in [0, 0.1) is 5.82 Å². The Labute approximate surface area is 123 Å². The third kappa shape index (κ3) is 3.42. The predicted octanol–water partition coefficient (Wildman–Crippen LogP) is 4.78. The highest BCUT2D eigenvalue weighted by molar-refractivity contribution is 9.10. The Balaban J connectivity index is 2.32. The lowest BCUT2D eigenvalue weighted by Crippen LogP contribution is -1.98. The molecule has 1 aromatic carbocycles. The fourth-order valence-corrected chi connectivity index (χ4v) is 2.04. The second-order valence-electron chi connectivity index (χ2n) is 3.88. The van der Waals surface area contributed by atoms with Crippen LogP contribution in [0.3, 0.4) is 0 Å². The number of ether oxygens (including phenoxy) is 1. The van der Waals surface area contributed by atoms with Gasteiger partial charge in [-0.3, -0.25) is 0 Å². The van der Waals surface area contributed by atoms with Crippen LogP contribution >= 0.6 is 27.5 Å². The lowest BCUT2D eigenvalue weighted by Gasteiger charge is -2.10. The molecule has 0 saturated heterocycles. The van der Waals surface area contributed by atoms with Crippen molar-refractivity contribution in [3.63, 3.8) is 0 Å². The molecule has 100 valence electrons. The molecular formula is C13H11BrClFN2O. The molecule has 0 saturated carbocycles. The quantitative estimate of drug-likeness (QED) is 0.748. The third-order valence-corrected chi connectivity index (χ3v) is 3.43. The second kappa shape index (κ2) is 6.30. The monoisotopic (exact) mass is 344 g/mol. The van der Waals surface area contributed by atoms with E-state index in [4.69, 9.17) is 16.3 Å². The average molecular weight is 346 g/mol. The standard InChI is InChI=1S/C13H11BrClFN2O/c1-2-3-9-12(15)17-7-18-13(9)19-8-4-5-10(14)11(16)6-8/h4-7H,2-3H2,1H3. The molecule has 0 aliphatic rings. The molecule has 1 aromatic heterocycles. The van der Waals surface area contributed by atoms with Crippen molar-refractivity contribution in [2.75, 3.05) is 0 Å². The summed E-state index contributed by atoms with van der Waals surface area (Å²) in [5.41, 5.74) is 0.731. The largest absolute Gasteiger partial charge is 0.438 e. The van der Waals surface area contributed by atoms with Gasteiger partial charge < -0.3 is 4.74 Å². The van der Waals surface area contributed by atoms with E-state index in [-0.39, 0.29) is 0 Å². The topological polar surface area (TPSA) is 35.0 Å². The van der Waals surface area contributed by atoms with E-state index in [1.807, 2.05) is 6.92 Å². The Kier molecular flexibility index (Phi) is 4.71. The Hall–Kier alpha value is -1.20. The van der Waals surface area contributed by atoms with Gasteiger partial charge in [-0.25, -0.2) is 14.4 Å². The molecule has 6 heteroatoms. The minimum Gasteiger partial charge on any atom is -0.438 e. The van der Waals surface area contributed by atoms with Crippen molar-refractivity contribution in [2.45, 2.75) is 19.8 Å². The van der Waals surface area contributed by atoms with Crippen LogP contribution in [0.25, 0.3) is 0 Å². The average Bonchev–Trinajstić information content (AvgIpc) is 2.38. The van der Waals surface area contributed by atoms with Crippen LogP contribution in [-0.4, -0.2) is 9.97 Å². The van der Waals surface area contributed by atoms with Gasteiger partial charge in [0.15, 0.2) is 0 Å². The Morgan fingerprint density at radius 3 is 2.84 bits per heavy atom. The summed E-state index contributed by atoms with van der Waals surface area (Å²) in [6.45, 7) is 2.02. The maximum atomic E-state index is 13.4. The highest BCUT2D eigenvalue weighted by Gasteiger charge is 2.12. The van der Waals surface area contributed by atoms with Crippen LogP contribution in [0.1, 0.15) is 18.9 Å². The van der Waals surface area contributed by atoms with E-state index in [1.54, 1.807) is 12.1 Å². The Bertz CT molecular complexity index is 595. The van der Waals surface area contributed by atoms with Crippen molar-refractivity contribution in [3.8, 4) is 11.6 Å². The van der Waals surface area contributed by atoms with Crippen molar-refractivity contribution in [1.82, 2.24) is 9.97 Å². The minimum atomic E-state index is -0.394. The van der Waals surface area contributed by atoms with Gasteiger partial charge in [-0.1, -0.05) is 24.9 Å². The number of benzene rings is 1. The van der Waals surface area contributed by atoms with Crippen LogP contribution in [0.2, 0.25) is 5.15 Å². The zero-order valence-corrected chi connectivity index (χ0v) is 12.5. The number of aromatic nitrogens is 2. The summed E-state index contributed by atoms with van der Waals surface area (Å²) in [7, 11) is 0. The van der Waals surface area contributed by atoms with Crippen LogP contribution in [0.15, 0.2) is 29.0 Å². The molecule has 0 aliphatic heterocycles. The first-order valence-electron chi connectivity index (χ1n) is 5.74. The molecule has 19 heavy (non-hydrogen) atoms. The van der Waals surface area contributed by atoms with E-state index < -0.39 is 5.82 Å². The summed E-state index contributed by atoms with van der Waals surface area (Å²) in [6, 6.07) is 4.52. The van der Waals surface area contributed by atoms with Crippen molar-refractivity contribution >= 4 is 27.5 Å². The normalized spacial score (nSPS) is 10.5. The SMILES string of the molecule is CCCc1c(Cl)ncnc1Oc1ccc(Br)c(F)c1. The molecule has 0 bridgehead atoms. The number of hydrogen-bond acceptors (Lipinski definition) is 3. The molecule has 0 unspecified atom stereocenters. The van der Waals surface area contributed by atoms with Gasteiger partial charge in [0.25, 0.3) is 0 Å². The molecular weight excluding hydrogens is 335 g/mol. The molecule has 0 fully saturated rings. The highest BCUT2D eigenvalue weighted by atomic mass is 79.9. The number of hydrogen-bond donors (Lipinski definition) is 0. The van der Waals surface area contributed by atoms with Crippen molar-refractivity contribution in [3.05, 3.63) is 45.5 Å². The van der Waals surface area contributed by atoms with Crippen LogP contribution in [0.5, 0.6) is 11.6 Å². The summed E-state index contributed by atoms with van der Waals surface area (Å²) in [6.07, 6.45) is 2.91. The van der Waals surface area contributed by atoms with Gasteiger partial charge >= 0.3 is 0 Å². The van der Waals surface area contributed by atoms with Gasteiger partial charge in [0.05, 0.1) is 10.0 Å². The van der Waals surface area contributed by atoms with E-state index >= 15 is 0 Å². The zero-order chi connectivity index (χ0) is 13.8. The van der Waals surface area contributed by atoms with E-state index in [0.717, 1.165) is 12.0 Å². The maximum Gasteiger partial charge on any atom is 0.227 e. The number of halogens is 3.